The number of hydrogen-bond donors (Lipinski definition) is 0. The molecule has 0 aliphatic heterocycles. The Hall–Kier alpha value is -1.24. The van der Waals surface area contributed by atoms with Crippen LogP contribution in [0.2, 0.25) is 0 Å². The molecular weight excluding hydrogens is 167 g/mol. The number of benzene rings is 1. The summed E-state index contributed by atoms with van der Waals surface area (Å²) < 4.78 is 0. The van der Waals surface area contributed by atoms with Crippen LogP contribution in [-0.4, -0.2) is 7.85 Å². The molecule has 0 aromatic heterocycles. The van der Waals surface area contributed by atoms with Crippen molar-refractivity contribution in [3.63, 3.8) is 0 Å². The Morgan fingerprint density at radius 1 is 1.36 bits per heavy atom. The van der Waals surface area contributed by atoms with Gasteiger partial charge in [0.1, 0.15) is 7.85 Å². The largest absolute Gasteiger partial charge is 0.139 e. The molecule has 1 aromatic rings. The van der Waals surface area contributed by atoms with E-state index in [9.17, 15) is 0 Å². The van der Waals surface area contributed by atoms with Crippen LogP contribution >= 0.6 is 0 Å². The summed E-state index contributed by atoms with van der Waals surface area (Å²) in [6.45, 7) is 4.35. The Kier molecular flexibility index (Phi) is 2.32. The van der Waals surface area contributed by atoms with E-state index < -0.39 is 0 Å². The molecule has 1 aromatic carbocycles. The van der Waals surface area contributed by atoms with E-state index in [0.717, 1.165) is 6.42 Å². The van der Waals surface area contributed by atoms with Gasteiger partial charge in [-0.2, -0.15) is 0 Å². The van der Waals surface area contributed by atoms with E-state index in [1.807, 2.05) is 0 Å². The minimum Gasteiger partial charge on any atom is -0.0934 e. The molecule has 0 N–H and O–H groups in total. The van der Waals surface area contributed by atoms with Crippen LogP contribution in [0.5, 0.6) is 0 Å². The molecule has 70 valence electrons. The normalized spacial score (nSPS) is 16.0. The first kappa shape index (κ1) is 9.33. The Morgan fingerprint density at radius 2 is 2.07 bits per heavy atom. The van der Waals surface area contributed by atoms with Crippen molar-refractivity contribution in [1.29, 1.82) is 0 Å². The molecule has 0 saturated heterocycles. The van der Waals surface area contributed by atoms with E-state index in [-0.39, 0.29) is 0 Å². The Bertz CT molecular complexity index is 425. The first-order chi connectivity index (χ1) is 6.74. The average molecular weight is 182 g/mol. The third kappa shape index (κ3) is 1.33. The number of allylic oxidation sites excluding steroid dienone is 4. The summed E-state index contributed by atoms with van der Waals surface area (Å²) in [7, 11) is 2.20. The van der Waals surface area contributed by atoms with Crippen LogP contribution in [0.3, 0.4) is 0 Å². The first-order valence-corrected chi connectivity index (χ1v) is 5.15. The molecule has 0 amide bonds. The molecule has 0 heterocycles. The maximum atomic E-state index is 2.24. The predicted octanol–water partition coefficient (Wildman–Crippen LogP) is 2.55. The predicted molar refractivity (Wildman–Crippen MR) is 65.0 cm³/mol. The molecule has 1 aliphatic rings. The van der Waals surface area contributed by atoms with Crippen LogP contribution in [0.4, 0.5) is 0 Å². The molecule has 0 radical (unpaired) electrons. The highest BCUT2D eigenvalue weighted by molar-refractivity contribution is 6.31. The zero-order valence-corrected chi connectivity index (χ0v) is 9.09. The topological polar surface area (TPSA) is 0 Å². The SMILES string of the molecule is B/C(=C/C)C1=C(C)Cc2ccccc21. The first-order valence-electron chi connectivity index (χ1n) is 5.15. The average Bonchev–Trinajstić information content (AvgIpc) is 2.53. The fourth-order valence-corrected chi connectivity index (χ4v) is 2.22. The zero-order valence-electron chi connectivity index (χ0n) is 9.09. The fraction of sp³-hybridized carbons (Fsp3) is 0.231. The lowest BCUT2D eigenvalue weighted by molar-refractivity contribution is 1.19. The lowest BCUT2D eigenvalue weighted by Crippen LogP contribution is -1.88. The summed E-state index contributed by atoms with van der Waals surface area (Å²) in [5, 5.41) is 0. The second-order valence-electron chi connectivity index (χ2n) is 3.96. The van der Waals surface area contributed by atoms with Gasteiger partial charge in [-0.1, -0.05) is 41.4 Å². The van der Waals surface area contributed by atoms with Gasteiger partial charge < -0.3 is 0 Å². The van der Waals surface area contributed by atoms with Gasteiger partial charge >= 0.3 is 0 Å². The van der Waals surface area contributed by atoms with Gasteiger partial charge in [0.15, 0.2) is 0 Å². The summed E-state index contributed by atoms with van der Waals surface area (Å²) in [6.07, 6.45) is 3.32. The third-order valence-electron chi connectivity index (χ3n) is 3.00. The smallest absolute Gasteiger partial charge is 0.0934 e. The van der Waals surface area contributed by atoms with Gasteiger partial charge in [-0.25, -0.2) is 0 Å². The summed E-state index contributed by atoms with van der Waals surface area (Å²) in [6, 6.07) is 8.71. The van der Waals surface area contributed by atoms with Crippen LogP contribution in [0.15, 0.2) is 41.4 Å². The third-order valence-corrected chi connectivity index (χ3v) is 3.00. The molecule has 0 fully saturated rings. The molecule has 0 bridgehead atoms. The van der Waals surface area contributed by atoms with E-state index in [4.69, 9.17) is 0 Å². The molecule has 0 saturated carbocycles. The van der Waals surface area contributed by atoms with Crippen LogP contribution < -0.4 is 0 Å². The standard InChI is InChI=1S/C13H15B/c1-3-12(14)13-9(2)8-10-6-4-5-7-11(10)13/h3-7H,8,14H2,1-2H3/b12-3+. The second-order valence-corrected chi connectivity index (χ2v) is 3.96. The Balaban J connectivity index is 2.57. The zero-order chi connectivity index (χ0) is 10.1. The molecular formula is C13H15B. The van der Waals surface area contributed by atoms with E-state index >= 15 is 0 Å². The molecule has 14 heavy (non-hydrogen) atoms. The lowest BCUT2D eigenvalue weighted by Gasteiger charge is -2.06. The van der Waals surface area contributed by atoms with E-state index in [1.165, 1.54) is 27.7 Å². The molecule has 1 heteroatoms. The molecule has 0 unspecified atom stereocenters. The molecule has 0 nitrogen and oxygen atoms in total. The van der Waals surface area contributed by atoms with Crippen molar-refractivity contribution in [2.24, 2.45) is 0 Å². The Labute approximate surface area is 86.8 Å². The maximum absolute atomic E-state index is 2.24. The highest BCUT2D eigenvalue weighted by Crippen LogP contribution is 2.35. The van der Waals surface area contributed by atoms with Gasteiger partial charge in [0.2, 0.25) is 0 Å². The molecule has 0 spiro atoms. The number of fused-ring (bicyclic) bond motifs is 1. The van der Waals surface area contributed by atoms with Crippen LogP contribution in [0, 0.1) is 0 Å². The Morgan fingerprint density at radius 3 is 2.79 bits per heavy atom. The highest BCUT2D eigenvalue weighted by Gasteiger charge is 2.18. The van der Waals surface area contributed by atoms with E-state index in [0.29, 0.717) is 0 Å². The summed E-state index contributed by atoms with van der Waals surface area (Å²) >= 11 is 0. The van der Waals surface area contributed by atoms with E-state index in [2.05, 4.69) is 52.0 Å². The van der Waals surface area contributed by atoms with Crippen molar-refractivity contribution < 1.29 is 0 Å². The van der Waals surface area contributed by atoms with Crippen molar-refractivity contribution in [2.75, 3.05) is 0 Å². The minimum absolute atomic E-state index is 1.12. The van der Waals surface area contributed by atoms with Gasteiger partial charge in [-0.3, -0.25) is 0 Å². The van der Waals surface area contributed by atoms with Crippen LogP contribution in [0.25, 0.3) is 5.57 Å². The molecule has 1 aliphatic carbocycles. The van der Waals surface area contributed by atoms with Crippen molar-refractivity contribution in [2.45, 2.75) is 20.3 Å². The van der Waals surface area contributed by atoms with Gasteiger partial charge in [0.25, 0.3) is 0 Å². The number of hydrogen-bond acceptors (Lipinski definition) is 0. The summed E-state index contributed by atoms with van der Waals surface area (Å²) in [5.74, 6) is 0. The fourth-order valence-electron chi connectivity index (χ4n) is 2.22. The van der Waals surface area contributed by atoms with Crippen molar-refractivity contribution >= 4 is 13.4 Å². The van der Waals surface area contributed by atoms with Crippen molar-refractivity contribution in [3.8, 4) is 0 Å². The molecule has 2 rings (SSSR count). The van der Waals surface area contributed by atoms with Crippen molar-refractivity contribution in [3.05, 3.63) is 52.5 Å². The maximum Gasteiger partial charge on any atom is 0.139 e. The van der Waals surface area contributed by atoms with Crippen LogP contribution in [-0.2, 0) is 6.42 Å². The van der Waals surface area contributed by atoms with Gasteiger partial charge in [0.05, 0.1) is 0 Å². The van der Waals surface area contributed by atoms with Gasteiger partial charge in [-0.05, 0) is 37.0 Å². The summed E-state index contributed by atoms with van der Waals surface area (Å²) in [5.41, 5.74) is 7.26. The van der Waals surface area contributed by atoms with Crippen LogP contribution in [0.1, 0.15) is 25.0 Å². The molecule has 0 atom stereocenters. The minimum atomic E-state index is 1.12. The van der Waals surface area contributed by atoms with E-state index in [1.54, 1.807) is 0 Å². The van der Waals surface area contributed by atoms with Gasteiger partial charge in [-0.15, -0.1) is 0 Å². The second kappa shape index (κ2) is 3.49. The quantitative estimate of drug-likeness (QED) is 0.585. The number of rotatable bonds is 1. The van der Waals surface area contributed by atoms with Crippen molar-refractivity contribution in [1.82, 2.24) is 0 Å². The van der Waals surface area contributed by atoms with Gasteiger partial charge in [0, 0.05) is 0 Å². The lowest BCUT2D eigenvalue weighted by atomic mass is 9.84. The monoisotopic (exact) mass is 182 g/mol. The summed E-state index contributed by atoms with van der Waals surface area (Å²) in [4.78, 5) is 0. The highest BCUT2D eigenvalue weighted by atomic mass is 14.2.